The second-order valence-corrected chi connectivity index (χ2v) is 14.8. The van der Waals surface area contributed by atoms with Gasteiger partial charge in [0.05, 0.1) is 61.8 Å². The van der Waals surface area contributed by atoms with Crippen LogP contribution in [-0.2, 0) is 12.4 Å². The van der Waals surface area contributed by atoms with Crippen molar-refractivity contribution in [3.8, 4) is 63.3 Å². The number of hydrogen-bond acceptors (Lipinski definition) is 7. The van der Waals surface area contributed by atoms with Gasteiger partial charge in [0.1, 0.15) is 0 Å². The van der Waals surface area contributed by atoms with Gasteiger partial charge in [-0.1, -0.05) is 72.8 Å². The number of alkyl halides is 6. The van der Waals surface area contributed by atoms with Gasteiger partial charge in [-0.2, -0.15) is 31.6 Å². The number of nitriles is 1. The predicted octanol–water partition coefficient (Wildman–Crippen LogP) is 13.9. The average molecular weight is 874 g/mol. The quantitative estimate of drug-likeness (QED) is 0.153. The van der Waals surface area contributed by atoms with Crippen molar-refractivity contribution in [1.82, 2.24) is 29.5 Å². The maximum atomic E-state index is 13.5. The van der Waals surface area contributed by atoms with Crippen molar-refractivity contribution in [2.45, 2.75) is 19.3 Å². The topological polar surface area (TPSA) is 111 Å². The van der Waals surface area contributed by atoms with Crippen molar-refractivity contribution >= 4 is 43.6 Å². The van der Waals surface area contributed by atoms with Crippen LogP contribution in [0.3, 0.4) is 0 Å². The van der Waals surface area contributed by atoms with E-state index in [9.17, 15) is 26.3 Å². The number of halogens is 6. The van der Waals surface area contributed by atoms with E-state index in [1.54, 1.807) is 6.07 Å². The summed E-state index contributed by atoms with van der Waals surface area (Å²) in [5.74, 6) is -0.110. The first kappa shape index (κ1) is 40.6. The van der Waals surface area contributed by atoms with Crippen LogP contribution in [0.2, 0.25) is 0 Å². The minimum atomic E-state index is -4.54. The molecule has 65 heavy (non-hydrogen) atoms. The summed E-state index contributed by atoms with van der Waals surface area (Å²) in [6.07, 6.45) is -9.09. The van der Waals surface area contributed by atoms with E-state index >= 15 is 0 Å². The molecular weight excluding hydrogens is 845 g/mol. The largest absolute Gasteiger partial charge is 0.416 e. The average Bonchev–Trinajstić information content (AvgIpc) is 4.13. The summed E-state index contributed by atoms with van der Waals surface area (Å²) in [7, 11) is 0. The third kappa shape index (κ3) is 7.10. The normalized spacial score (nSPS) is 11.9. The third-order valence-electron chi connectivity index (χ3n) is 11.0. The van der Waals surface area contributed by atoms with Crippen molar-refractivity contribution in [3.63, 3.8) is 0 Å². The van der Waals surface area contributed by atoms with Crippen molar-refractivity contribution in [2.24, 2.45) is 0 Å². The molecule has 0 atom stereocenters. The molecule has 11 aromatic rings. The SMILES string of the molecule is CC#N.FC(F)(F)c1ccc(-c2nnc(-c3cc(-n4c5ccccc5c5ccccc54)c(-n4c5ccccc5c5ccccc54)cc3-c3nnc(-c4ccc(C(F)(F)F)cc4)o3)o2)cc1. The zero-order valence-electron chi connectivity index (χ0n) is 33.7. The molecule has 0 saturated carbocycles. The summed E-state index contributed by atoms with van der Waals surface area (Å²) in [5.41, 5.74) is 4.46. The van der Waals surface area contributed by atoms with Crippen LogP contribution in [0.5, 0.6) is 0 Å². The van der Waals surface area contributed by atoms with Crippen molar-refractivity contribution in [2.75, 3.05) is 0 Å². The van der Waals surface area contributed by atoms with Gasteiger partial charge in [-0.15, -0.1) is 20.4 Å². The van der Waals surface area contributed by atoms with Crippen LogP contribution in [0.15, 0.2) is 167 Å². The smallest absolute Gasteiger partial charge is 0.416 e. The Hall–Kier alpha value is -8.51. The van der Waals surface area contributed by atoms with Crippen molar-refractivity contribution < 1.29 is 35.2 Å². The van der Waals surface area contributed by atoms with Crippen molar-refractivity contribution in [1.29, 1.82) is 5.26 Å². The number of para-hydroxylation sites is 4. The number of rotatable bonds is 6. The fourth-order valence-corrected chi connectivity index (χ4v) is 8.15. The fourth-order valence-electron chi connectivity index (χ4n) is 8.15. The Kier molecular flexibility index (Phi) is 9.79. The van der Waals surface area contributed by atoms with Gasteiger partial charge < -0.3 is 18.0 Å². The first-order valence-corrected chi connectivity index (χ1v) is 19.9. The molecule has 0 radical (unpaired) electrons. The molecule has 4 heterocycles. The molecule has 0 spiro atoms. The molecule has 0 amide bonds. The van der Waals surface area contributed by atoms with Gasteiger partial charge in [-0.3, -0.25) is 0 Å². The van der Waals surface area contributed by atoms with E-state index < -0.39 is 23.5 Å². The maximum Gasteiger partial charge on any atom is 0.416 e. The Morgan fingerprint density at radius 2 is 0.708 bits per heavy atom. The zero-order chi connectivity index (χ0) is 45.0. The third-order valence-corrected chi connectivity index (χ3v) is 11.0. The molecule has 15 heteroatoms. The van der Waals surface area contributed by atoms with E-state index in [2.05, 4.69) is 53.8 Å². The maximum absolute atomic E-state index is 13.5. The molecule has 0 aliphatic rings. The summed E-state index contributed by atoms with van der Waals surface area (Å²) in [4.78, 5) is 0. The van der Waals surface area contributed by atoms with E-state index in [1.807, 2.05) is 84.9 Å². The Morgan fingerprint density at radius 3 is 1.00 bits per heavy atom. The molecule has 9 nitrogen and oxygen atoms in total. The molecule has 0 fully saturated rings. The second-order valence-electron chi connectivity index (χ2n) is 14.8. The van der Waals surface area contributed by atoms with Crippen LogP contribution in [0.4, 0.5) is 26.3 Å². The van der Waals surface area contributed by atoms with Crippen LogP contribution < -0.4 is 0 Å². The Bertz CT molecular complexity index is 3270. The number of nitrogens with zero attached hydrogens (tertiary/aromatic N) is 7. The van der Waals surface area contributed by atoms with Gasteiger partial charge in [0.25, 0.3) is 0 Å². The number of fused-ring (bicyclic) bond motifs is 6. The molecule has 0 N–H and O–H groups in total. The molecule has 318 valence electrons. The first-order valence-electron chi connectivity index (χ1n) is 19.9. The fraction of sp³-hybridized carbons (Fsp3) is 0.0600. The Labute approximate surface area is 364 Å². The van der Waals surface area contributed by atoms with E-state index in [0.717, 1.165) is 67.9 Å². The predicted molar refractivity (Wildman–Crippen MR) is 234 cm³/mol. The van der Waals surface area contributed by atoms with E-state index in [4.69, 9.17) is 14.1 Å². The molecule has 4 aromatic heterocycles. The monoisotopic (exact) mass is 873 g/mol. The van der Waals surface area contributed by atoms with Crippen molar-refractivity contribution in [3.05, 3.63) is 169 Å². The van der Waals surface area contributed by atoms with Crippen LogP contribution in [0.1, 0.15) is 18.1 Å². The molecule has 0 aliphatic heterocycles. The van der Waals surface area contributed by atoms with E-state index in [0.29, 0.717) is 22.5 Å². The lowest BCUT2D eigenvalue weighted by Crippen LogP contribution is -2.05. The van der Waals surface area contributed by atoms with Gasteiger partial charge >= 0.3 is 12.4 Å². The minimum Gasteiger partial charge on any atom is -0.416 e. The van der Waals surface area contributed by atoms with Crippen LogP contribution in [0, 0.1) is 11.3 Å². The molecule has 7 aromatic carbocycles. The highest BCUT2D eigenvalue weighted by atomic mass is 19.4. The summed E-state index contributed by atoms with van der Waals surface area (Å²) in [6.45, 7) is 1.43. The van der Waals surface area contributed by atoms with Gasteiger partial charge in [-0.25, -0.2) is 0 Å². The summed E-state index contributed by atoms with van der Waals surface area (Å²) in [6, 6.07) is 46.4. The molecule has 11 rings (SSSR count). The minimum absolute atomic E-state index is 0.0139. The number of aromatic nitrogens is 6. The Balaban J connectivity index is 0.00000162. The molecule has 0 unspecified atom stereocenters. The number of hydrogen-bond donors (Lipinski definition) is 0. The summed E-state index contributed by atoms with van der Waals surface area (Å²) >= 11 is 0. The zero-order valence-corrected chi connectivity index (χ0v) is 33.7. The standard InChI is InChI=1S/C48H26F6N6O2.C2H3N/c49-47(50,51)29-21-17-27(18-22-29)43-55-57-45(61-43)35-25-41(59-37-13-5-1-9-31(37)32-10-2-6-14-38(32)59)42(60-39-15-7-3-11-33(39)34-12-4-8-16-40(34)60)26-36(35)46-58-56-44(62-46)28-19-23-30(24-20-28)48(52,53)54;1-2-3/h1-26H;1H3. The lowest BCUT2D eigenvalue weighted by molar-refractivity contribution is -0.138. The van der Waals surface area contributed by atoms with Gasteiger partial charge in [-0.05, 0) is 84.9 Å². The van der Waals surface area contributed by atoms with Crippen LogP contribution in [-0.4, -0.2) is 29.5 Å². The molecule has 0 saturated heterocycles. The van der Waals surface area contributed by atoms with Crippen LogP contribution >= 0.6 is 0 Å². The van der Waals surface area contributed by atoms with Gasteiger partial charge in [0, 0.05) is 39.6 Å². The van der Waals surface area contributed by atoms with Gasteiger partial charge in [0.2, 0.25) is 23.6 Å². The molecule has 0 aliphatic carbocycles. The van der Waals surface area contributed by atoms with Gasteiger partial charge in [0.15, 0.2) is 0 Å². The highest BCUT2D eigenvalue weighted by Gasteiger charge is 2.32. The number of benzene rings is 7. The second kappa shape index (κ2) is 15.7. The first-order chi connectivity index (χ1) is 31.4. The Morgan fingerprint density at radius 1 is 0.431 bits per heavy atom. The molecular formula is C50H29F6N7O2. The lowest BCUT2D eigenvalue weighted by Gasteiger charge is -2.19. The van der Waals surface area contributed by atoms with E-state index in [1.165, 1.54) is 31.2 Å². The summed E-state index contributed by atoms with van der Waals surface area (Å²) < 4.78 is 97.6. The highest BCUT2D eigenvalue weighted by molar-refractivity contribution is 6.12. The highest BCUT2D eigenvalue weighted by Crippen LogP contribution is 2.44. The summed E-state index contributed by atoms with van der Waals surface area (Å²) in [5, 5.41) is 28.6. The van der Waals surface area contributed by atoms with E-state index in [-0.39, 0.29) is 34.7 Å². The lowest BCUT2D eigenvalue weighted by atomic mass is 10.0. The molecule has 0 bridgehead atoms. The van der Waals surface area contributed by atoms with Crippen LogP contribution in [0.25, 0.3) is 101 Å².